The zero-order valence-electron chi connectivity index (χ0n) is 21.0. The maximum atomic E-state index is 8.00. The van der Waals surface area contributed by atoms with Crippen molar-refractivity contribution in [3.8, 4) is 0 Å². The van der Waals surface area contributed by atoms with E-state index in [-0.39, 0.29) is 6.10 Å². The van der Waals surface area contributed by atoms with Gasteiger partial charge in [0.1, 0.15) is 25.2 Å². The lowest BCUT2D eigenvalue weighted by Crippen LogP contribution is -2.46. The molecule has 0 amide bonds. The Morgan fingerprint density at radius 3 is 2.46 bits per heavy atom. The van der Waals surface area contributed by atoms with Gasteiger partial charge in [-0.2, -0.15) is 0 Å². The number of hydrogen-bond acceptors (Lipinski definition) is 7. The van der Waals surface area contributed by atoms with Crippen LogP contribution in [0.5, 0.6) is 0 Å². The number of carbonyl (C=O) groups excluding carboxylic acids is 2. The molecule has 1 fully saturated rings. The Bertz CT molecular complexity index is 1010. The molecule has 0 aliphatic carbocycles. The summed E-state index contributed by atoms with van der Waals surface area (Å²) >= 11 is 0. The predicted octanol–water partition coefficient (Wildman–Crippen LogP) is 4.29. The Kier molecular flexibility index (Phi) is 14.3. The number of hydrogen-bond donors (Lipinski definition) is 1. The number of likely N-dealkylation sites (N-methyl/N-ethyl adjacent to an activating group) is 1. The largest absolute Gasteiger partial charge is 0.494 e. The summed E-state index contributed by atoms with van der Waals surface area (Å²) in [6, 6.07) is 18.9. The molecule has 188 valence electrons. The molecule has 0 spiro atoms. The molecule has 1 unspecified atom stereocenters. The van der Waals surface area contributed by atoms with Crippen molar-refractivity contribution in [3.05, 3.63) is 78.5 Å². The van der Waals surface area contributed by atoms with Gasteiger partial charge >= 0.3 is 0 Å². The summed E-state index contributed by atoms with van der Waals surface area (Å²) in [5.41, 5.74) is 2.25. The van der Waals surface area contributed by atoms with Gasteiger partial charge in [-0.05, 0) is 43.8 Å². The third-order valence-corrected chi connectivity index (χ3v) is 5.19. The maximum absolute atomic E-state index is 8.00. The van der Waals surface area contributed by atoms with Crippen molar-refractivity contribution in [3.63, 3.8) is 0 Å². The van der Waals surface area contributed by atoms with Crippen LogP contribution >= 0.6 is 0 Å². The fraction of sp³-hybridized carbons (Fsp3) is 0.321. The van der Waals surface area contributed by atoms with E-state index in [9.17, 15) is 0 Å². The van der Waals surface area contributed by atoms with Crippen molar-refractivity contribution in [2.45, 2.75) is 20.0 Å². The van der Waals surface area contributed by atoms with Gasteiger partial charge in [0.25, 0.3) is 0 Å². The van der Waals surface area contributed by atoms with Crippen LogP contribution in [0, 0.1) is 6.92 Å². The number of nitrogens with zero attached hydrogens (tertiary/aromatic N) is 2. The van der Waals surface area contributed by atoms with Gasteiger partial charge in [0.2, 0.25) is 0 Å². The molecule has 2 heterocycles. The fourth-order valence-electron chi connectivity index (χ4n) is 3.58. The second kappa shape index (κ2) is 17.0. The lowest BCUT2D eigenvalue weighted by atomic mass is 10.1. The van der Waals surface area contributed by atoms with E-state index in [1.165, 1.54) is 16.3 Å². The summed E-state index contributed by atoms with van der Waals surface area (Å²) in [6.45, 7) is 15.9. The molecule has 3 aromatic rings. The monoisotopic (exact) mass is 479 g/mol. The Balaban J connectivity index is 0.000000343. The number of carbonyl (C=O) groups is 2. The number of aromatic nitrogens is 1. The van der Waals surface area contributed by atoms with Crippen LogP contribution in [-0.4, -0.2) is 64.6 Å². The average Bonchev–Trinajstić information content (AvgIpc) is 2.92. The molecule has 35 heavy (non-hydrogen) atoms. The van der Waals surface area contributed by atoms with Crippen molar-refractivity contribution in [2.24, 2.45) is 0 Å². The number of benzene rings is 2. The van der Waals surface area contributed by atoms with E-state index in [0.29, 0.717) is 12.4 Å². The van der Waals surface area contributed by atoms with E-state index in [1.54, 1.807) is 0 Å². The van der Waals surface area contributed by atoms with Crippen molar-refractivity contribution < 1.29 is 19.1 Å². The van der Waals surface area contributed by atoms with E-state index in [0.717, 1.165) is 37.6 Å². The molecular formula is C28H37N3O4. The first-order chi connectivity index (χ1) is 17.1. The van der Waals surface area contributed by atoms with E-state index < -0.39 is 0 Å². The molecule has 4 rings (SSSR count). The molecule has 1 aliphatic rings. The van der Waals surface area contributed by atoms with Crippen LogP contribution in [-0.2, 0) is 19.1 Å². The Labute approximate surface area is 208 Å². The molecular weight excluding hydrogens is 442 g/mol. The quantitative estimate of drug-likeness (QED) is 0.528. The van der Waals surface area contributed by atoms with Crippen molar-refractivity contribution >= 4 is 35.9 Å². The van der Waals surface area contributed by atoms with Crippen LogP contribution in [0.3, 0.4) is 0 Å². The molecule has 2 aromatic carbocycles. The van der Waals surface area contributed by atoms with E-state index in [4.69, 9.17) is 19.1 Å². The third kappa shape index (κ3) is 9.68. The third-order valence-electron chi connectivity index (χ3n) is 5.19. The molecule has 1 aliphatic heterocycles. The minimum Gasteiger partial charge on any atom is -0.494 e. The first kappa shape index (κ1) is 29.5. The normalized spacial score (nSPS) is 14.3. The summed E-state index contributed by atoms with van der Waals surface area (Å²) in [6.07, 6.45) is 2.03. The topological polar surface area (TPSA) is 80.8 Å². The van der Waals surface area contributed by atoms with Crippen LogP contribution in [0.4, 0.5) is 5.82 Å². The van der Waals surface area contributed by atoms with Crippen LogP contribution < -0.4 is 10.2 Å². The second-order valence-electron chi connectivity index (χ2n) is 7.61. The first-order valence-electron chi connectivity index (χ1n) is 11.4. The summed E-state index contributed by atoms with van der Waals surface area (Å²) in [5, 5.41) is 5.79. The van der Waals surface area contributed by atoms with Crippen LogP contribution in [0.15, 0.2) is 67.4 Å². The SMILES string of the molecule is C=C(OCC)c1ccc(N2CCOC(CNC)C2)nc1.C=O.C=O.Cc1ccc2ccccc2c1. The number of ether oxygens (including phenoxy) is 2. The minimum atomic E-state index is 0.216. The van der Waals surface area contributed by atoms with Gasteiger partial charge in [0.15, 0.2) is 0 Å². The number of fused-ring (bicyclic) bond motifs is 1. The summed E-state index contributed by atoms with van der Waals surface area (Å²) < 4.78 is 11.1. The molecule has 7 nitrogen and oxygen atoms in total. The van der Waals surface area contributed by atoms with Crippen LogP contribution in [0.25, 0.3) is 16.5 Å². The number of pyridine rings is 1. The molecule has 1 atom stereocenters. The van der Waals surface area contributed by atoms with Crippen molar-refractivity contribution in [2.75, 3.05) is 44.8 Å². The Morgan fingerprint density at radius 1 is 1.11 bits per heavy atom. The lowest BCUT2D eigenvalue weighted by Gasteiger charge is -2.33. The van der Waals surface area contributed by atoms with Crippen molar-refractivity contribution in [1.82, 2.24) is 10.3 Å². The molecule has 0 bridgehead atoms. The fourth-order valence-corrected chi connectivity index (χ4v) is 3.58. The zero-order valence-corrected chi connectivity index (χ0v) is 21.0. The van der Waals surface area contributed by atoms with Gasteiger partial charge in [0, 0.05) is 31.4 Å². The Morgan fingerprint density at radius 2 is 1.83 bits per heavy atom. The summed E-state index contributed by atoms with van der Waals surface area (Å²) in [5.74, 6) is 1.64. The Hall–Kier alpha value is -3.55. The number of aryl methyl sites for hydroxylation is 1. The second-order valence-corrected chi connectivity index (χ2v) is 7.61. The minimum absolute atomic E-state index is 0.216. The predicted molar refractivity (Wildman–Crippen MR) is 144 cm³/mol. The number of nitrogens with one attached hydrogen (secondary N) is 1. The number of anilines is 1. The highest BCUT2D eigenvalue weighted by molar-refractivity contribution is 5.82. The van der Waals surface area contributed by atoms with Gasteiger partial charge in [-0.25, -0.2) is 4.98 Å². The molecule has 1 N–H and O–H groups in total. The van der Waals surface area contributed by atoms with Gasteiger partial charge < -0.3 is 29.3 Å². The van der Waals surface area contributed by atoms with Gasteiger partial charge in [-0.1, -0.05) is 54.6 Å². The van der Waals surface area contributed by atoms with Crippen LogP contribution in [0.2, 0.25) is 0 Å². The first-order valence-corrected chi connectivity index (χ1v) is 11.4. The van der Waals surface area contributed by atoms with E-state index in [1.807, 2.05) is 45.9 Å². The van der Waals surface area contributed by atoms with Gasteiger partial charge in [-0.15, -0.1) is 0 Å². The smallest absolute Gasteiger partial charge is 0.128 e. The standard InChI is InChI=1S/C15H23N3O2.C11H10.2CH2O/c1-4-19-12(2)13-5-6-15(17-9-13)18-7-8-20-14(11-18)10-16-3;1-9-6-7-10-4-2-3-5-11(10)8-9;2*1-2/h5-6,9,14,16H,2,4,7-8,10-11H2,1,3H3;2-8H,1H3;2*1H2. The number of morpholine rings is 1. The van der Waals surface area contributed by atoms with Crippen molar-refractivity contribution in [1.29, 1.82) is 0 Å². The average molecular weight is 480 g/mol. The van der Waals surface area contributed by atoms with Crippen LogP contribution in [0.1, 0.15) is 18.1 Å². The maximum Gasteiger partial charge on any atom is 0.128 e. The van der Waals surface area contributed by atoms with E-state index in [2.05, 4.69) is 71.2 Å². The lowest BCUT2D eigenvalue weighted by molar-refractivity contribution is -0.0987. The van der Waals surface area contributed by atoms with Gasteiger partial charge in [-0.3, -0.25) is 0 Å². The molecule has 1 saturated heterocycles. The van der Waals surface area contributed by atoms with Gasteiger partial charge in [0.05, 0.1) is 19.3 Å². The highest BCUT2D eigenvalue weighted by Crippen LogP contribution is 2.19. The summed E-state index contributed by atoms with van der Waals surface area (Å²) in [4.78, 5) is 22.8. The number of rotatable bonds is 6. The highest BCUT2D eigenvalue weighted by atomic mass is 16.5. The molecule has 1 aromatic heterocycles. The summed E-state index contributed by atoms with van der Waals surface area (Å²) in [7, 11) is 1.94. The van der Waals surface area contributed by atoms with E-state index >= 15 is 0 Å². The zero-order chi connectivity index (χ0) is 26.1. The molecule has 7 heteroatoms. The molecule has 0 saturated carbocycles. The molecule has 0 radical (unpaired) electrons. The highest BCUT2D eigenvalue weighted by Gasteiger charge is 2.20.